The Morgan fingerprint density at radius 1 is 1.31 bits per heavy atom. The molecule has 0 amide bonds. The highest BCUT2D eigenvalue weighted by molar-refractivity contribution is 5.86. The number of rotatable bonds is 4. The van der Waals surface area contributed by atoms with Gasteiger partial charge in [0.05, 0.1) is 6.04 Å². The van der Waals surface area contributed by atoms with Gasteiger partial charge in [-0.3, -0.25) is 9.69 Å². The normalized spacial score (nSPS) is 13.2. The number of benzene rings is 1. The summed E-state index contributed by atoms with van der Waals surface area (Å²) in [4.78, 5) is 13.8. The van der Waals surface area contributed by atoms with Crippen LogP contribution in [-0.2, 0) is 4.79 Å². The van der Waals surface area contributed by atoms with Crippen molar-refractivity contribution in [2.45, 2.75) is 19.9 Å². The van der Waals surface area contributed by atoms with E-state index in [9.17, 15) is 9.18 Å². The first-order chi connectivity index (χ1) is 7.43. The van der Waals surface area contributed by atoms with Crippen molar-refractivity contribution in [3.8, 4) is 0 Å². The zero-order valence-electron chi connectivity index (χ0n) is 10.2. The molecular weight excluding hydrogens is 205 g/mol. The van der Waals surface area contributed by atoms with Crippen LogP contribution in [0.15, 0.2) is 24.3 Å². The van der Waals surface area contributed by atoms with E-state index in [1.54, 1.807) is 12.1 Å². The molecule has 0 N–H and O–H groups in total. The van der Waals surface area contributed by atoms with Gasteiger partial charge in [0.25, 0.3) is 0 Å². The molecule has 1 unspecified atom stereocenters. The van der Waals surface area contributed by atoms with Gasteiger partial charge in [-0.15, -0.1) is 0 Å². The van der Waals surface area contributed by atoms with Crippen molar-refractivity contribution in [3.63, 3.8) is 0 Å². The van der Waals surface area contributed by atoms with E-state index in [1.165, 1.54) is 12.1 Å². The average molecular weight is 223 g/mol. The highest BCUT2D eigenvalue weighted by Gasteiger charge is 2.25. The lowest BCUT2D eigenvalue weighted by Crippen LogP contribution is -2.30. The molecule has 3 heteroatoms. The number of carbonyl (C=O) groups excluding carboxylic acids is 1. The maximum absolute atomic E-state index is 13.1. The number of carbonyl (C=O) groups is 1. The summed E-state index contributed by atoms with van der Waals surface area (Å²) in [6, 6.07) is 5.86. The van der Waals surface area contributed by atoms with Gasteiger partial charge >= 0.3 is 0 Å². The molecule has 0 aliphatic heterocycles. The van der Waals surface area contributed by atoms with Gasteiger partial charge < -0.3 is 0 Å². The second kappa shape index (κ2) is 5.21. The summed E-state index contributed by atoms with van der Waals surface area (Å²) in [5.74, 6) is -0.257. The lowest BCUT2D eigenvalue weighted by Gasteiger charge is -2.25. The first-order valence-corrected chi connectivity index (χ1v) is 5.39. The van der Waals surface area contributed by atoms with Gasteiger partial charge in [0.15, 0.2) is 5.78 Å². The molecule has 0 radical (unpaired) electrons. The summed E-state index contributed by atoms with van der Waals surface area (Å²) in [6.07, 6.45) is 0. The van der Waals surface area contributed by atoms with Crippen molar-refractivity contribution in [1.29, 1.82) is 0 Å². The highest BCUT2D eigenvalue weighted by atomic mass is 19.1. The summed E-state index contributed by atoms with van der Waals surface area (Å²) >= 11 is 0. The number of halogens is 1. The van der Waals surface area contributed by atoms with E-state index in [4.69, 9.17) is 0 Å². The van der Waals surface area contributed by atoms with Crippen LogP contribution in [0.1, 0.15) is 25.5 Å². The third-order valence-corrected chi connectivity index (χ3v) is 2.52. The van der Waals surface area contributed by atoms with Gasteiger partial charge in [-0.1, -0.05) is 26.0 Å². The standard InChI is InChI=1S/C13H18FNO/c1-9(2)13(16)12(15(3)4)10-6-5-7-11(14)8-10/h5-9,12H,1-4H3. The summed E-state index contributed by atoms with van der Waals surface area (Å²) in [7, 11) is 3.66. The van der Waals surface area contributed by atoms with Gasteiger partial charge in [0.1, 0.15) is 5.82 Å². The monoisotopic (exact) mass is 223 g/mol. The smallest absolute Gasteiger partial charge is 0.156 e. The first-order valence-electron chi connectivity index (χ1n) is 5.39. The molecule has 16 heavy (non-hydrogen) atoms. The molecule has 2 nitrogen and oxygen atoms in total. The predicted octanol–water partition coefficient (Wildman–Crippen LogP) is 2.65. The van der Waals surface area contributed by atoms with Crippen LogP contribution in [-0.4, -0.2) is 24.8 Å². The Morgan fingerprint density at radius 3 is 2.38 bits per heavy atom. The van der Waals surface area contributed by atoms with E-state index in [1.807, 2.05) is 32.8 Å². The van der Waals surface area contributed by atoms with E-state index >= 15 is 0 Å². The molecule has 1 aromatic rings. The molecule has 0 heterocycles. The van der Waals surface area contributed by atoms with Crippen LogP contribution < -0.4 is 0 Å². The number of nitrogens with zero attached hydrogens (tertiary/aromatic N) is 1. The Labute approximate surface area is 96.1 Å². The molecule has 0 fully saturated rings. The van der Waals surface area contributed by atoms with Crippen LogP contribution in [0.4, 0.5) is 4.39 Å². The van der Waals surface area contributed by atoms with Gasteiger partial charge in [0, 0.05) is 5.92 Å². The molecule has 88 valence electrons. The number of hydrogen-bond acceptors (Lipinski definition) is 2. The van der Waals surface area contributed by atoms with Crippen molar-refractivity contribution < 1.29 is 9.18 Å². The fourth-order valence-electron chi connectivity index (χ4n) is 1.71. The lowest BCUT2D eigenvalue weighted by molar-refractivity contribution is -0.126. The Kier molecular flexibility index (Phi) is 4.19. The molecule has 1 aromatic carbocycles. The van der Waals surface area contributed by atoms with Crippen LogP contribution >= 0.6 is 0 Å². The van der Waals surface area contributed by atoms with Crippen molar-refractivity contribution in [3.05, 3.63) is 35.6 Å². The van der Waals surface area contributed by atoms with Crippen LogP contribution in [0.5, 0.6) is 0 Å². The number of ketones is 1. The minimum atomic E-state index is -0.365. The van der Waals surface area contributed by atoms with Crippen LogP contribution in [0.2, 0.25) is 0 Å². The van der Waals surface area contributed by atoms with Crippen molar-refractivity contribution in [2.75, 3.05) is 14.1 Å². The van der Waals surface area contributed by atoms with Crippen LogP contribution in [0.3, 0.4) is 0 Å². The lowest BCUT2D eigenvalue weighted by atomic mass is 9.94. The van der Waals surface area contributed by atoms with E-state index in [0.29, 0.717) is 5.56 Å². The summed E-state index contributed by atoms with van der Waals surface area (Å²) in [6.45, 7) is 3.72. The number of Topliss-reactive ketones (excluding diaryl/α,β-unsaturated/α-hetero) is 1. The van der Waals surface area contributed by atoms with Crippen molar-refractivity contribution in [1.82, 2.24) is 4.90 Å². The fraction of sp³-hybridized carbons (Fsp3) is 0.462. The molecule has 0 saturated carbocycles. The Hall–Kier alpha value is -1.22. The third-order valence-electron chi connectivity index (χ3n) is 2.52. The van der Waals surface area contributed by atoms with E-state index in [2.05, 4.69) is 0 Å². The third kappa shape index (κ3) is 2.89. The number of likely N-dealkylation sites (N-methyl/N-ethyl adjacent to an activating group) is 1. The number of hydrogen-bond donors (Lipinski definition) is 0. The SMILES string of the molecule is CC(C)C(=O)C(c1cccc(F)c1)N(C)C. The Balaban J connectivity index is 3.08. The second-order valence-electron chi connectivity index (χ2n) is 4.48. The molecule has 1 atom stereocenters. The summed E-state index contributed by atoms with van der Waals surface area (Å²) in [5.41, 5.74) is 0.712. The quantitative estimate of drug-likeness (QED) is 0.782. The highest BCUT2D eigenvalue weighted by Crippen LogP contribution is 2.23. The Bertz CT molecular complexity index is 374. The molecular formula is C13H18FNO. The minimum Gasteiger partial charge on any atom is -0.297 e. The first kappa shape index (κ1) is 12.8. The Morgan fingerprint density at radius 2 is 1.94 bits per heavy atom. The summed E-state index contributed by atoms with van der Waals surface area (Å²) < 4.78 is 13.1. The van der Waals surface area contributed by atoms with Crippen LogP contribution in [0, 0.1) is 11.7 Å². The molecule has 0 aromatic heterocycles. The largest absolute Gasteiger partial charge is 0.297 e. The second-order valence-corrected chi connectivity index (χ2v) is 4.48. The van der Waals surface area contributed by atoms with E-state index < -0.39 is 0 Å². The molecule has 1 rings (SSSR count). The molecule has 0 aliphatic rings. The maximum Gasteiger partial charge on any atom is 0.156 e. The molecule has 0 aliphatic carbocycles. The topological polar surface area (TPSA) is 20.3 Å². The zero-order valence-corrected chi connectivity index (χ0v) is 10.2. The molecule has 0 saturated heterocycles. The van der Waals surface area contributed by atoms with E-state index in [0.717, 1.165) is 0 Å². The van der Waals surface area contributed by atoms with Gasteiger partial charge in [-0.05, 0) is 31.8 Å². The fourth-order valence-corrected chi connectivity index (χ4v) is 1.71. The maximum atomic E-state index is 13.1. The van der Waals surface area contributed by atoms with Crippen molar-refractivity contribution >= 4 is 5.78 Å². The van der Waals surface area contributed by atoms with Gasteiger partial charge in [-0.25, -0.2) is 4.39 Å². The van der Waals surface area contributed by atoms with Crippen molar-refractivity contribution in [2.24, 2.45) is 5.92 Å². The van der Waals surface area contributed by atoms with Gasteiger partial charge in [-0.2, -0.15) is 0 Å². The summed E-state index contributed by atoms with van der Waals surface area (Å²) in [5, 5.41) is 0. The zero-order chi connectivity index (χ0) is 12.3. The predicted molar refractivity (Wildman–Crippen MR) is 62.7 cm³/mol. The molecule has 0 spiro atoms. The average Bonchev–Trinajstić information content (AvgIpc) is 2.17. The minimum absolute atomic E-state index is 0.0596. The van der Waals surface area contributed by atoms with Gasteiger partial charge in [0.2, 0.25) is 0 Å². The van der Waals surface area contributed by atoms with Crippen LogP contribution in [0.25, 0.3) is 0 Å². The molecule has 0 bridgehead atoms. The van der Waals surface area contributed by atoms with E-state index in [-0.39, 0.29) is 23.6 Å².